The molecular formula is C19H25N5O2. The molecule has 1 unspecified atom stereocenters. The van der Waals surface area contributed by atoms with Crippen LogP contribution in [0, 0.1) is 16.7 Å². The summed E-state index contributed by atoms with van der Waals surface area (Å²) in [6.07, 6.45) is 0.653. The summed E-state index contributed by atoms with van der Waals surface area (Å²) in [5.74, 6) is 0. The van der Waals surface area contributed by atoms with Crippen molar-refractivity contribution >= 4 is 6.09 Å². The van der Waals surface area contributed by atoms with Crippen LogP contribution in [0.2, 0.25) is 0 Å². The quantitative estimate of drug-likeness (QED) is 0.859. The highest BCUT2D eigenvalue weighted by Gasteiger charge is 2.29. The van der Waals surface area contributed by atoms with E-state index in [1.165, 1.54) is 0 Å². The van der Waals surface area contributed by atoms with Gasteiger partial charge in [-0.2, -0.15) is 10.4 Å². The molecule has 2 N–H and O–H groups in total. The van der Waals surface area contributed by atoms with Gasteiger partial charge in [-0.15, -0.1) is 0 Å². The van der Waals surface area contributed by atoms with Crippen LogP contribution in [0.15, 0.2) is 36.5 Å². The van der Waals surface area contributed by atoms with Crippen LogP contribution in [0.1, 0.15) is 32.0 Å². The van der Waals surface area contributed by atoms with Gasteiger partial charge in [-0.1, -0.05) is 20.8 Å². The zero-order valence-electron chi connectivity index (χ0n) is 15.6. The normalized spacial score (nSPS) is 12.6. The van der Waals surface area contributed by atoms with Crippen LogP contribution in [-0.2, 0) is 11.3 Å². The number of ether oxygens (including phenoxy) is 1. The van der Waals surface area contributed by atoms with E-state index in [2.05, 4.69) is 16.1 Å². The molecule has 1 aromatic carbocycles. The number of carbonyl (C=O) groups excluding carboxylic acids is 1. The van der Waals surface area contributed by atoms with E-state index in [1.54, 1.807) is 18.3 Å². The maximum atomic E-state index is 11.2. The lowest BCUT2D eigenvalue weighted by atomic mass is 9.88. The third kappa shape index (κ3) is 5.07. The Kier molecular flexibility index (Phi) is 6.01. The Hall–Kier alpha value is -2.85. The zero-order valence-corrected chi connectivity index (χ0v) is 15.6. The SMILES string of the molecule is CN(Cc1ccnn1-c1ccc(C#N)cc1)CC(OC(N)=O)C(C)(C)C. The lowest BCUT2D eigenvalue weighted by Crippen LogP contribution is -2.42. The summed E-state index contributed by atoms with van der Waals surface area (Å²) in [6.45, 7) is 7.19. The van der Waals surface area contributed by atoms with Crippen molar-refractivity contribution in [3.8, 4) is 11.8 Å². The zero-order chi connectivity index (χ0) is 19.3. The molecule has 0 aliphatic rings. The number of nitriles is 1. The van der Waals surface area contributed by atoms with Crippen LogP contribution < -0.4 is 5.73 Å². The third-order valence-electron chi connectivity index (χ3n) is 4.10. The smallest absolute Gasteiger partial charge is 0.404 e. The third-order valence-corrected chi connectivity index (χ3v) is 4.10. The van der Waals surface area contributed by atoms with Crippen molar-refractivity contribution in [3.63, 3.8) is 0 Å². The number of likely N-dealkylation sites (N-methyl/N-ethyl adjacent to an activating group) is 1. The molecule has 1 atom stereocenters. The van der Waals surface area contributed by atoms with Crippen molar-refractivity contribution in [1.29, 1.82) is 5.26 Å². The minimum Gasteiger partial charge on any atom is -0.444 e. The highest BCUT2D eigenvalue weighted by molar-refractivity contribution is 5.64. The summed E-state index contributed by atoms with van der Waals surface area (Å²) in [6, 6.07) is 11.3. The van der Waals surface area contributed by atoms with Crippen molar-refractivity contribution in [1.82, 2.24) is 14.7 Å². The molecule has 2 rings (SSSR count). The van der Waals surface area contributed by atoms with Gasteiger partial charge in [0.15, 0.2) is 0 Å². The van der Waals surface area contributed by atoms with E-state index < -0.39 is 6.09 Å². The largest absolute Gasteiger partial charge is 0.444 e. The Bertz CT molecular complexity index is 783. The molecule has 1 amide bonds. The molecule has 1 aromatic heterocycles. The van der Waals surface area contributed by atoms with Gasteiger partial charge >= 0.3 is 6.09 Å². The van der Waals surface area contributed by atoms with Gasteiger partial charge in [-0.3, -0.25) is 4.90 Å². The van der Waals surface area contributed by atoms with E-state index in [0.29, 0.717) is 18.7 Å². The molecule has 0 fully saturated rings. The maximum Gasteiger partial charge on any atom is 0.404 e. The molecule has 0 radical (unpaired) electrons. The first-order valence-electron chi connectivity index (χ1n) is 8.39. The Balaban J connectivity index is 2.12. The first-order chi connectivity index (χ1) is 12.2. The number of amides is 1. The fourth-order valence-electron chi connectivity index (χ4n) is 2.61. The number of nitrogens with zero attached hydrogens (tertiary/aromatic N) is 4. The molecule has 0 spiro atoms. The van der Waals surface area contributed by atoms with Crippen LogP contribution in [0.3, 0.4) is 0 Å². The highest BCUT2D eigenvalue weighted by atomic mass is 16.6. The molecule has 0 aliphatic carbocycles. The van der Waals surface area contributed by atoms with Crippen LogP contribution >= 0.6 is 0 Å². The predicted molar refractivity (Wildman–Crippen MR) is 98.5 cm³/mol. The second-order valence-corrected chi connectivity index (χ2v) is 7.38. The molecule has 0 saturated carbocycles. The van der Waals surface area contributed by atoms with Gasteiger partial charge < -0.3 is 10.5 Å². The van der Waals surface area contributed by atoms with E-state index in [1.807, 2.05) is 50.7 Å². The fraction of sp³-hybridized carbons (Fsp3) is 0.421. The van der Waals surface area contributed by atoms with Crippen molar-refractivity contribution in [3.05, 3.63) is 47.8 Å². The number of carbonyl (C=O) groups is 1. The van der Waals surface area contributed by atoms with Gasteiger partial charge in [-0.25, -0.2) is 9.48 Å². The number of hydrogen-bond donors (Lipinski definition) is 1. The van der Waals surface area contributed by atoms with E-state index in [9.17, 15) is 4.79 Å². The Labute approximate surface area is 154 Å². The van der Waals surface area contributed by atoms with Crippen molar-refractivity contribution in [2.45, 2.75) is 33.4 Å². The lowest BCUT2D eigenvalue weighted by molar-refractivity contribution is 0.0149. The molecular weight excluding hydrogens is 330 g/mol. The topological polar surface area (TPSA) is 97.2 Å². The van der Waals surface area contributed by atoms with Gasteiger partial charge in [0.1, 0.15) is 6.10 Å². The predicted octanol–water partition coefficient (Wildman–Crippen LogP) is 2.69. The molecule has 7 heteroatoms. The number of aromatic nitrogens is 2. The highest BCUT2D eigenvalue weighted by Crippen LogP contribution is 2.23. The molecule has 138 valence electrons. The standard InChI is InChI=1S/C19H25N5O2/c1-19(2,3)17(26-18(21)25)13-23(4)12-16-9-10-22-24(16)15-7-5-14(11-20)6-8-15/h5-10,17H,12-13H2,1-4H3,(H2,21,25). The Morgan fingerprint density at radius 2 is 2.00 bits per heavy atom. The summed E-state index contributed by atoms with van der Waals surface area (Å²) in [5.41, 5.74) is 7.47. The monoisotopic (exact) mass is 355 g/mol. The molecule has 0 bridgehead atoms. The number of benzene rings is 1. The molecule has 26 heavy (non-hydrogen) atoms. The average Bonchev–Trinajstić information content (AvgIpc) is 3.01. The van der Waals surface area contributed by atoms with E-state index in [-0.39, 0.29) is 11.5 Å². The minimum atomic E-state index is -0.763. The molecule has 7 nitrogen and oxygen atoms in total. The number of rotatable bonds is 6. The summed E-state index contributed by atoms with van der Waals surface area (Å²) in [7, 11) is 1.96. The van der Waals surface area contributed by atoms with E-state index >= 15 is 0 Å². The van der Waals surface area contributed by atoms with Crippen LogP contribution in [0.5, 0.6) is 0 Å². The first-order valence-corrected chi connectivity index (χ1v) is 8.39. The second-order valence-electron chi connectivity index (χ2n) is 7.38. The van der Waals surface area contributed by atoms with Crippen LogP contribution in [0.25, 0.3) is 5.69 Å². The summed E-state index contributed by atoms with van der Waals surface area (Å²) >= 11 is 0. The van der Waals surface area contributed by atoms with E-state index in [4.69, 9.17) is 15.7 Å². The molecule has 1 heterocycles. The Morgan fingerprint density at radius 1 is 1.35 bits per heavy atom. The molecule has 0 saturated heterocycles. The number of nitrogens with two attached hydrogens (primary N) is 1. The van der Waals surface area contributed by atoms with Crippen molar-refractivity contribution < 1.29 is 9.53 Å². The fourth-order valence-corrected chi connectivity index (χ4v) is 2.61. The summed E-state index contributed by atoms with van der Waals surface area (Å²) in [4.78, 5) is 13.3. The summed E-state index contributed by atoms with van der Waals surface area (Å²) in [5, 5.41) is 13.3. The number of primary amides is 1. The maximum absolute atomic E-state index is 11.2. The van der Waals surface area contributed by atoms with Gasteiger partial charge in [0.05, 0.1) is 23.0 Å². The van der Waals surface area contributed by atoms with Gasteiger partial charge in [-0.05, 0) is 37.4 Å². The summed E-state index contributed by atoms with van der Waals surface area (Å²) < 4.78 is 7.12. The first kappa shape index (κ1) is 19.5. The second kappa shape index (κ2) is 8.02. The van der Waals surface area contributed by atoms with Crippen molar-refractivity contribution in [2.24, 2.45) is 11.1 Å². The molecule has 2 aromatic rings. The minimum absolute atomic E-state index is 0.226. The van der Waals surface area contributed by atoms with Gasteiger partial charge in [0.2, 0.25) is 0 Å². The van der Waals surface area contributed by atoms with Crippen LogP contribution in [-0.4, -0.2) is 40.5 Å². The van der Waals surface area contributed by atoms with Crippen LogP contribution in [0.4, 0.5) is 4.79 Å². The Morgan fingerprint density at radius 3 is 2.54 bits per heavy atom. The lowest BCUT2D eigenvalue weighted by Gasteiger charge is -2.32. The number of hydrogen-bond acceptors (Lipinski definition) is 5. The molecule has 0 aliphatic heterocycles. The van der Waals surface area contributed by atoms with Crippen molar-refractivity contribution in [2.75, 3.05) is 13.6 Å². The van der Waals surface area contributed by atoms with Gasteiger partial charge in [0.25, 0.3) is 0 Å². The van der Waals surface area contributed by atoms with Gasteiger partial charge in [0, 0.05) is 24.7 Å². The van der Waals surface area contributed by atoms with E-state index in [0.717, 1.165) is 11.4 Å². The average molecular weight is 355 g/mol.